The summed E-state index contributed by atoms with van der Waals surface area (Å²) in [4.78, 5) is 14.3. The second kappa shape index (κ2) is 7.25. The lowest BCUT2D eigenvalue weighted by Crippen LogP contribution is -2.08. The number of rotatable bonds is 8. The first-order chi connectivity index (χ1) is 8.57. The van der Waals surface area contributed by atoms with Crippen molar-refractivity contribution >= 4 is 23.4 Å². The fraction of sp³-hybridized carbons (Fsp3) is 0.727. The monoisotopic (exact) mass is 272 g/mol. The summed E-state index contributed by atoms with van der Waals surface area (Å²) in [7, 11) is 1.78. The normalized spacial score (nSPS) is 10.6. The lowest BCUT2D eigenvalue weighted by atomic mass is 10.2. The number of anilines is 1. The van der Waals surface area contributed by atoms with Gasteiger partial charge in [-0.1, -0.05) is 6.42 Å². The Labute approximate surface area is 111 Å². The van der Waals surface area contributed by atoms with Crippen LogP contribution in [0.25, 0.3) is 0 Å². The van der Waals surface area contributed by atoms with E-state index < -0.39 is 4.92 Å². The Bertz CT molecular complexity index is 406. The molecule has 18 heavy (non-hydrogen) atoms. The number of unbranched alkanes of at least 4 members (excludes halogenated alkanes) is 2. The minimum absolute atomic E-state index is 0.0842. The second-order valence-electron chi connectivity index (χ2n) is 4.13. The summed E-state index contributed by atoms with van der Waals surface area (Å²) in [5.74, 6) is 2.23. The zero-order valence-electron chi connectivity index (χ0n) is 11.1. The van der Waals surface area contributed by atoms with E-state index in [2.05, 4.69) is 16.6 Å². The molecule has 0 saturated carbocycles. The fourth-order valence-corrected chi connectivity index (χ4v) is 2.17. The van der Waals surface area contributed by atoms with E-state index in [0.717, 1.165) is 19.4 Å². The standard InChI is InChI=1S/C11H20N4O2S/c1-9-13-11(15(16)17)10(14(9)2)12-7-5-4-6-8-18-3/h12H,4-8H2,1-3H3. The van der Waals surface area contributed by atoms with Gasteiger partial charge in [-0.3, -0.25) is 4.57 Å². The molecule has 6 nitrogen and oxygen atoms in total. The molecular weight excluding hydrogens is 252 g/mol. The van der Waals surface area contributed by atoms with E-state index in [1.165, 1.54) is 12.2 Å². The Hall–Kier alpha value is -1.24. The number of hydrogen-bond acceptors (Lipinski definition) is 5. The van der Waals surface area contributed by atoms with E-state index in [4.69, 9.17) is 0 Å². The minimum atomic E-state index is -0.441. The van der Waals surface area contributed by atoms with Gasteiger partial charge in [0.2, 0.25) is 11.6 Å². The molecule has 0 radical (unpaired) electrons. The Morgan fingerprint density at radius 3 is 2.78 bits per heavy atom. The van der Waals surface area contributed by atoms with Gasteiger partial charge in [-0.2, -0.15) is 11.8 Å². The highest BCUT2D eigenvalue weighted by Gasteiger charge is 2.22. The first-order valence-corrected chi connectivity index (χ1v) is 7.37. The molecule has 0 aliphatic carbocycles. The largest absolute Gasteiger partial charge is 0.406 e. The molecule has 7 heteroatoms. The second-order valence-corrected chi connectivity index (χ2v) is 5.11. The third-order valence-corrected chi connectivity index (χ3v) is 3.49. The number of nitrogens with one attached hydrogen (secondary N) is 1. The SMILES string of the molecule is CSCCCCCNc1c([N+](=O)[O-])nc(C)n1C. The van der Waals surface area contributed by atoms with Crippen molar-refractivity contribution in [2.45, 2.75) is 26.2 Å². The number of nitrogens with zero attached hydrogens (tertiary/aromatic N) is 3. The van der Waals surface area contributed by atoms with Gasteiger partial charge in [0.25, 0.3) is 0 Å². The van der Waals surface area contributed by atoms with Crippen molar-refractivity contribution in [3.8, 4) is 0 Å². The zero-order valence-corrected chi connectivity index (χ0v) is 11.9. The summed E-state index contributed by atoms with van der Waals surface area (Å²) in [5.41, 5.74) is 0. The molecule has 102 valence electrons. The molecule has 1 aromatic heterocycles. The number of thioether (sulfide) groups is 1. The lowest BCUT2D eigenvalue weighted by molar-refractivity contribution is -0.388. The van der Waals surface area contributed by atoms with Crippen LogP contribution in [0.15, 0.2) is 0 Å². The Kier molecular flexibility index (Phi) is 5.97. The average molecular weight is 272 g/mol. The molecule has 0 unspecified atom stereocenters. The summed E-state index contributed by atoms with van der Waals surface area (Å²) < 4.78 is 1.72. The number of aromatic nitrogens is 2. The van der Waals surface area contributed by atoms with E-state index in [1.54, 1.807) is 18.5 Å². The third kappa shape index (κ3) is 3.90. The van der Waals surface area contributed by atoms with Crippen molar-refractivity contribution in [3.63, 3.8) is 0 Å². The van der Waals surface area contributed by atoms with Crippen LogP contribution in [-0.4, -0.2) is 33.0 Å². The van der Waals surface area contributed by atoms with Crippen LogP contribution in [0.2, 0.25) is 0 Å². The topological polar surface area (TPSA) is 73.0 Å². The molecule has 0 saturated heterocycles. The van der Waals surface area contributed by atoms with Crippen molar-refractivity contribution in [2.75, 3.05) is 23.9 Å². The van der Waals surface area contributed by atoms with Crippen LogP contribution < -0.4 is 5.32 Å². The van der Waals surface area contributed by atoms with Gasteiger partial charge in [0.1, 0.15) is 0 Å². The van der Waals surface area contributed by atoms with E-state index in [0.29, 0.717) is 11.6 Å². The lowest BCUT2D eigenvalue weighted by Gasteiger charge is -2.06. The minimum Gasteiger partial charge on any atom is -0.364 e. The van der Waals surface area contributed by atoms with Crippen LogP contribution >= 0.6 is 11.8 Å². The molecule has 1 N–H and O–H groups in total. The quantitative estimate of drug-likeness (QED) is 0.447. The third-order valence-electron chi connectivity index (χ3n) is 2.79. The maximum Gasteiger partial charge on any atom is 0.406 e. The van der Waals surface area contributed by atoms with Crippen molar-refractivity contribution in [1.29, 1.82) is 0 Å². The van der Waals surface area contributed by atoms with Crippen molar-refractivity contribution in [1.82, 2.24) is 9.55 Å². The highest BCUT2D eigenvalue weighted by atomic mass is 32.2. The molecular formula is C11H20N4O2S. The van der Waals surface area contributed by atoms with Gasteiger partial charge in [0.15, 0.2) is 0 Å². The number of hydrogen-bond donors (Lipinski definition) is 1. The number of aryl methyl sites for hydroxylation is 1. The molecule has 0 fully saturated rings. The van der Waals surface area contributed by atoms with Crippen LogP contribution in [0.4, 0.5) is 11.6 Å². The maximum absolute atomic E-state index is 10.8. The summed E-state index contributed by atoms with van der Waals surface area (Å²) in [6.07, 6.45) is 5.44. The summed E-state index contributed by atoms with van der Waals surface area (Å²) in [6, 6.07) is 0. The molecule has 0 aromatic carbocycles. The van der Waals surface area contributed by atoms with Crippen LogP contribution in [0.5, 0.6) is 0 Å². The first-order valence-electron chi connectivity index (χ1n) is 5.98. The summed E-state index contributed by atoms with van der Waals surface area (Å²) in [5, 5.41) is 14.0. The van der Waals surface area contributed by atoms with Crippen molar-refractivity contribution in [2.24, 2.45) is 7.05 Å². The Morgan fingerprint density at radius 1 is 1.44 bits per heavy atom. The Balaban J connectivity index is 2.48. The molecule has 0 bridgehead atoms. The number of imidazole rings is 1. The smallest absolute Gasteiger partial charge is 0.364 e. The highest BCUT2D eigenvalue weighted by Crippen LogP contribution is 2.23. The zero-order chi connectivity index (χ0) is 13.5. The van der Waals surface area contributed by atoms with Crippen molar-refractivity contribution in [3.05, 3.63) is 15.9 Å². The Morgan fingerprint density at radius 2 is 2.17 bits per heavy atom. The fourth-order valence-electron chi connectivity index (χ4n) is 1.67. The van der Waals surface area contributed by atoms with Crippen molar-refractivity contribution < 1.29 is 4.92 Å². The highest BCUT2D eigenvalue weighted by molar-refractivity contribution is 7.98. The van der Waals surface area contributed by atoms with Crippen LogP contribution in [0, 0.1) is 17.0 Å². The molecule has 0 spiro atoms. The van der Waals surface area contributed by atoms with Gasteiger partial charge in [0, 0.05) is 20.5 Å². The van der Waals surface area contributed by atoms with Gasteiger partial charge in [-0.25, -0.2) is 0 Å². The predicted molar refractivity (Wildman–Crippen MR) is 75.3 cm³/mol. The summed E-state index contributed by atoms with van der Waals surface area (Å²) >= 11 is 1.84. The van der Waals surface area contributed by atoms with Gasteiger partial charge < -0.3 is 15.4 Å². The van der Waals surface area contributed by atoms with Gasteiger partial charge in [-0.05, 0) is 34.8 Å². The van der Waals surface area contributed by atoms with E-state index in [1.807, 2.05) is 11.8 Å². The molecule has 0 amide bonds. The molecule has 1 rings (SSSR count). The molecule has 0 aliphatic rings. The first kappa shape index (κ1) is 14.8. The maximum atomic E-state index is 10.8. The van der Waals surface area contributed by atoms with Crippen LogP contribution in [0.1, 0.15) is 25.1 Å². The molecule has 0 atom stereocenters. The van der Waals surface area contributed by atoms with Crippen LogP contribution in [-0.2, 0) is 7.05 Å². The van der Waals surface area contributed by atoms with Gasteiger partial charge >= 0.3 is 5.82 Å². The number of nitro groups is 1. The van der Waals surface area contributed by atoms with E-state index >= 15 is 0 Å². The van der Waals surface area contributed by atoms with Crippen LogP contribution in [0.3, 0.4) is 0 Å². The van der Waals surface area contributed by atoms with Gasteiger partial charge in [0.05, 0.1) is 0 Å². The van der Waals surface area contributed by atoms with E-state index in [9.17, 15) is 10.1 Å². The molecule has 1 aromatic rings. The molecule has 1 heterocycles. The van der Waals surface area contributed by atoms with Gasteiger partial charge in [-0.15, -0.1) is 0 Å². The molecule has 0 aliphatic heterocycles. The predicted octanol–water partition coefficient (Wildman–Crippen LogP) is 2.58. The average Bonchev–Trinajstić information content (AvgIpc) is 2.61. The summed E-state index contributed by atoms with van der Waals surface area (Å²) in [6.45, 7) is 2.50. The van der Waals surface area contributed by atoms with E-state index in [-0.39, 0.29) is 5.82 Å².